The average molecular weight is 567 g/mol. The van der Waals surface area contributed by atoms with Crippen molar-refractivity contribution in [1.29, 1.82) is 0 Å². The lowest BCUT2D eigenvalue weighted by atomic mass is 10.1. The van der Waals surface area contributed by atoms with E-state index in [1.165, 1.54) is 29.6 Å². The molecule has 0 bridgehead atoms. The molecule has 0 spiro atoms. The van der Waals surface area contributed by atoms with Crippen LogP contribution in [-0.4, -0.2) is 72.9 Å². The number of aliphatic hydroxyl groups is 1. The summed E-state index contributed by atoms with van der Waals surface area (Å²) in [6.45, 7) is 4.14. The summed E-state index contributed by atoms with van der Waals surface area (Å²) in [5.74, 6) is -0.694. The molecule has 216 valence electrons. The van der Waals surface area contributed by atoms with E-state index in [1.807, 2.05) is 9.47 Å². The van der Waals surface area contributed by atoms with Crippen LogP contribution in [0.3, 0.4) is 0 Å². The number of halogens is 2. The molecule has 0 saturated carbocycles. The highest BCUT2D eigenvalue weighted by Crippen LogP contribution is 2.34. The Morgan fingerprint density at radius 2 is 1.98 bits per heavy atom. The quantitative estimate of drug-likeness (QED) is 0.338. The number of aryl methyl sites for hydroxylation is 1. The van der Waals surface area contributed by atoms with Gasteiger partial charge in [-0.05, 0) is 50.3 Å². The summed E-state index contributed by atoms with van der Waals surface area (Å²) in [5.41, 5.74) is 0.654. The summed E-state index contributed by atoms with van der Waals surface area (Å²) in [7, 11) is 0. The summed E-state index contributed by atoms with van der Waals surface area (Å²) in [6, 6.07) is 4.59. The number of anilines is 3. The van der Waals surface area contributed by atoms with Gasteiger partial charge >= 0.3 is 6.01 Å². The van der Waals surface area contributed by atoms with Gasteiger partial charge in [-0.3, -0.25) is 4.79 Å². The summed E-state index contributed by atoms with van der Waals surface area (Å²) in [4.78, 5) is 29.4. The van der Waals surface area contributed by atoms with Crippen molar-refractivity contribution < 1.29 is 23.2 Å². The van der Waals surface area contributed by atoms with E-state index in [0.29, 0.717) is 50.0 Å². The molecule has 1 aromatic carbocycles. The molecular weight excluding hydrogens is 534 g/mol. The van der Waals surface area contributed by atoms with E-state index in [4.69, 9.17) is 4.52 Å². The minimum absolute atomic E-state index is 0.00521. The van der Waals surface area contributed by atoms with Crippen LogP contribution < -0.4 is 10.2 Å². The Bertz CT molecular complexity index is 1550. The van der Waals surface area contributed by atoms with Crippen LogP contribution in [0.5, 0.6) is 0 Å². The lowest BCUT2D eigenvalue weighted by Crippen LogP contribution is -2.42. The standard InChI is InChI=1S/C28H32F2N8O3/c1-2-4-23-34-28(41-35-23)36-11-8-18(9-12-36)38-15-21(30)24-25(31-16-32-26(24)38)33-22-7-6-17(13-20(22)29)27(40)37-10-3-5-19(39)14-37/h6-7,13,15-16,18-19,39H,2-5,8-12,14H2,1H3,(H,31,32,33)/t19-/m1/s1. The van der Waals surface area contributed by atoms with Gasteiger partial charge in [0.05, 0.1) is 17.2 Å². The van der Waals surface area contributed by atoms with Crippen molar-refractivity contribution >= 4 is 34.5 Å². The number of piperidine rings is 2. The lowest BCUT2D eigenvalue weighted by Gasteiger charge is -2.31. The second-order valence-electron chi connectivity index (χ2n) is 10.6. The van der Waals surface area contributed by atoms with E-state index >= 15 is 8.78 Å². The highest BCUT2D eigenvalue weighted by atomic mass is 19.1. The molecule has 4 aromatic rings. The minimum Gasteiger partial charge on any atom is -0.391 e. The van der Waals surface area contributed by atoms with Gasteiger partial charge in [0.15, 0.2) is 11.6 Å². The summed E-state index contributed by atoms with van der Waals surface area (Å²) >= 11 is 0. The van der Waals surface area contributed by atoms with Crippen LogP contribution in [0.25, 0.3) is 11.0 Å². The zero-order chi connectivity index (χ0) is 28.5. The van der Waals surface area contributed by atoms with Crippen LogP contribution in [0.1, 0.15) is 61.3 Å². The third kappa shape index (κ3) is 5.45. The molecular formula is C28H32F2N8O3. The van der Waals surface area contributed by atoms with Gasteiger partial charge in [-0.25, -0.2) is 18.7 Å². The first-order chi connectivity index (χ1) is 19.9. The zero-order valence-electron chi connectivity index (χ0n) is 22.8. The van der Waals surface area contributed by atoms with Gasteiger partial charge in [0.1, 0.15) is 23.6 Å². The molecule has 2 N–H and O–H groups in total. The van der Waals surface area contributed by atoms with Crippen molar-refractivity contribution in [2.75, 3.05) is 36.4 Å². The molecule has 5 heterocycles. The Morgan fingerprint density at radius 3 is 2.73 bits per heavy atom. The normalized spacial score (nSPS) is 18.3. The molecule has 1 amide bonds. The number of rotatable bonds is 7. The predicted octanol–water partition coefficient (Wildman–Crippen LogP) is 4.23. The molecule has 2 fully saturated rings. The van der Waals surface area contributed by atoms with Gasteiger partial charge in [-0.15, -0.1) is 0 Å². The Labute approximate surface area is 235 Å². The van der Waals surface area contributed by atoms with Crippen LogP contribution in [0, 0.1) is 11.6 Å². The summed E-state index contributed by atoms with van der Waals surface area (Å²) in [6.07, 6.45) is 6.65. The van der Waals surface area contributed by atoms with Crippen molar-refractivity contribution in [3.05, 3.63) is 53.7 Å². The lowest BCUT2D eigenvalue weighted by molar-refractivity contribution is 0.0473. The number of carbonyl (C=O) groups is 1. The molecule has 0 aliphatic carbocycles. The minimum atomic E-state index is -0.671. The molecule has 2 saturated heterocycles. The fourth-order valence-electron chi connectivity index (χ4n) is 5.65. The van der Waals surface area contributed by atoms with Crippen molar-refractivity contribution in [2.45, 2.75) is 57.6 Å². The van der Waals surface area contributed by atoms with Crippen molar-refractivity contribution in [1.82, 2.24) is 29.6 Å². The SMILES string of the molecule is CCCc1noc(N2CCC(n3cc(F)c4c(Nc5ccc(C(=O)N6CCC[C@@H](O)C6)cc5F)ncnc43)CC2)n1. The van der Waals surface area contributed by atoms with Gasteiger partial charge in [-0.2, -0.15) is 4.98 Å². The van der Waals surface area contributed by atoms with Crippen molar-refractivity contribution in [2.24, 2.45) is 0 Å². The number of benzene rings is 1. The highest BCUT2D eigenvalue weighted by molar-refractivity contribution is 5.95. The largest absolute Gasteiger partial charge is 0.391 e. The Hall–Kier alpha value is -4.13. The highest BCUT2D eigenvalue weighted by Gasteiger charge is 2.28. The molecule has 1 atom stereocenters. The van der Waals surface area contributed by atoms with E-state index in [0.717, 1.165) is 31.7 Å². The summed E-state index contributed by atoms with van der Waals surface area (Å²) in [5, 5.41) is 17.0. The molecule has 13 heteroatoms. The van der Waals surface area contributed by atoms with Gasteiger partial charge < -0.3 is 29.3 Å². The number of β-amino-alcohol motifs (C(OH)–C–C–N with tert-alkyl or cyclic N) is 1. The molecule has 0 radical (unpaired) electrons. The van der Waals surface area contributed by atoms with Gasteiger partial charge in [0.25, 0.3) is 5.91 Å². The monoisotopic (exact) mass is 566 g/mol. The van der Waals surface area contributed by atoms with E-state index in [1.54, 1.807) is 0 Å². The topological polar surface area (TPSA) is 125 Å². The molecule has 2 aliphatic rings. The maximum absolute atomic E-state index is 15.3. The maximum Gasteiger partial charge on any atom is 0.324 e. The first-order valence-corrected chi connectivity index (χ1v) is 14.0. The van der Waals surface area contributed by atoms with E-state index in [-0.39, 0.29) is 40.9 Å². The average Bonchev–Trinajstić information content (AvgIpc) is 3.59. The third-order valence-corrected chi connectivity index (χ3v) is 7.78. The van der Waals surface area contributed by atoms with Crippen molar-refractivity contribution in [3.63, 3.8) is 0 Å². The molecule has 3 aromatic heterocycles. The van der Waals surface area contributed by atoms with Gasteiger partial charge in [0, 0.05) is 50.4 Å². The second kappa shape index (κ2) is 11.4. The van der Waals surface area contributed by atoms with Crippen LogP contribution >= 0.6 is 0 Å². The number of nitrogens with one attached hydrogen (secondary N) is 1. The fraction of sp³-hybridized carbons (Fsp3) is 0.464. The fourth-order valence-corrected chi connectivity index (χ4v) is 5.65. The number of carbonyl (C=O) groups excluding carboxylic acids is 1. The summed E-state index contributed by atoms with van der Waals surface area (Å²) < 4.78 is 37.6. The smallest absolute Gasteiger partial charge is 0.324 e. The van der Waals surface area contributed by atoms with Crippen LogP contribution in [0.2, 0.25) is 0 Å². The van der Waals surface area contributed by atoms with Crippen LogP contribution in [0.4, 0.5) is 26.3 Å². The van der Waals surface area contributed by atoms with E-state index in [2.05, 4.69) is 32.3 Å². The number of aromatic nitrogens is 5. The van der Waals surface area contributed by atoms with Gasteiger partial charge in [-0.1, -0.05) is 12.1 Å². The predicted molar refractivity (Wildman–Crippen MR) is 147 cm³/mol. The first-order valence-electron chi connectivity index (χ1n) is 14.0. The maximum atomic E-state index is 15.3. The van der Waals surface area contributed by atoms with Crippen LogP contribution in [0.15, 0.2) is 35.2 Å². The zero-order valence-corrected chi connectivity index (χ0v) is 22.8. The Morgan fingerprint density at radius 1 is 1.15 bits per heavy atom. The van der Waals surface area contributed by atoms with Crippen LogP contribution in [-0.2, 0) is 6.42 Å². The molecule has 2 aliphatic heterocycles. The number of likely N-dealkylation sites (tertiary alicyclic amines) is 1. The molecule has 41 heavy (non-hydrogen) atoms. The third-order valence-electron chi connectivity index (χ3n) is 7.78. The van der Waals surface area contributed by atoms with Gasteiger partial charge in [0.2, 0.25) is 0 Å². The van der Waals surface area contributed by atoms with E-state index < -0.39 is 17.7 Å². The van der Waals surface area contributed by atoms with Crippen molar-refractivity contribution in [3.8, 4) is 0 Å². The Kier molecular flexibility index (Phi) is 7.52. The number of nitrogens with zero attached hydrogens (tertiary/aromatic N) is 7. The number of hydrogen-bond donors (Lipinski definition) is 2. The molecule has 11 nitrogen and oxygen atoms in total. The molecule has 0 unspecified atom stereocenters. The molecule has 6 rings (SSSR count). The first kappa shape index (κ1) is 27.1. The number of aliphatic hydroxyl groups excluding tert-OH is 1. The number of fused-ring (bicyclic) bond motifs is 1. The Balaban J connectivity index is 1.18. The second-order valence-corrected chi connectivity index (χ2v) is 10.6. The van der Waals surface area contributed by atoms with E-state index in [9.17, 15) is 9.90 Å². The number of hydrogen-bond acceptors (Lipinski definition) is 9. The number of amides is 1.